The molecule has 64 heavy (non-hydrogen) atoms. The van der Waals surface area contributed by atoms with Gasteiger partial charge in [0.25, 0.3) is 5.91 Å². The zero-order valence-corrected chi connectivity index (χ0v) is 37.9. The molecule has 12 nitrogen and oxygen atoms in total. The fraction of sp³-hybridized carbons (Fsp3) is 0.314. The predicted octanol–water partition coefficient (Wildman–Crippen LogP) is 7.80. The monoisotopic (exact) mass is 874 g/mol. The number of methoxy groups -OCH3 is 2. The summed E-state index contributed by atoms with van der Waals surface area (Å²) >= 11 is 0. The van der Waals surface area contributed by atoms with Crippen molar-refractivity contribution in [3.8, 4) is 11.5 Å². The number of rotatable bonds is 14. The number of hydrogen-bond donors (Lipinski definition) is 1. The minimum Gasteiger partial charge on any atom is -0.497 e. The van der Waals surface area contributed by atoms with Crippen LogP contribution in [-0.2, 0) is 33.0 Å². The highest BCUT2D eigenvalue weighted by Gasteiger charge is 2.66. The van der Waals surface area contributed by atoms with Gasteiger partial charge >= 0.3 is 0 Å². The lowest BCUT2D eigenvalue weighted by Gasteiger charge is -2.37. The van der Waals surface area contributed by atoms with Crippen LogP contribution >= 0.6 is 0 Å². The third-order valence-corrected chi connectivity index (χ3v) is 18.0. The Morgan fingerprint density at radius 3 is 2.23 bits per heavy atom. The van der Waals surface area contributed by atoms with E-state index in [-0.39, 0.29) is 41.9 Å². The van der Waals surface area contributed by atoms with Crippen molar-refractivity contribution in [2.24, 2.45) is 11.0 Å². The van der Waals surface area contributed by atoms with Crippen LogP contribution < -0.4 is 24.6 Å². The highest BCUT2D eigenvalue weighted by Crippen LogP contribution is 2.60. The van der Waals surface area contributed by atoms with E-state index in [1.165, 1.54) is 10.2 Å². The average molecular weight is 875 g/mol. The SMILES string of the molecule is COc1ccc([Si](C)(C)[C@@H]2[C@@H](CCn3cc(C(CO)c4ccccc4)nn3)O[C@]3(C(=O)N(Cc4ccc(N5N=C(c6ccccc6)CCC5=O)cc4)c4ccc(OC)cc43)[C@H]2C)cc1. The van der Waals surface area contributed by atoms with Gasteiger partial charge in [-0.1, -0.05) is 115 Å². The van der Waals surface area contributed by atoms with Crippen LogP contribution in [0.15, 0.2) is 139 Å². The number of hydrogen-bond acceptors (Lipinski definition) is 9. The first-order valence-electron chi connectivity index (χ1n) is 22.0. The lowest BCUT2D eigenvalue weighted by atomic mass is 9.82. The zero-order valence-electron chi connectivity index (χ0n) is 36.9. The van der Waals surface area contributed by atoms with Crippen LogP contribution in [-0.4, -0.2) is 72.6 Å². The van der Waals surface area contributed by atoms with Crippen LogP contribution in [0.4, 0.5) is 11.4 Å². The Morgan fingerprint density at radius 1 is 0.859 bits per heavy atom. The lowest BCUT2D eigenvalue weighted by molar-refractivity contribution is -0.146. The van der Waals surface area contributed by atoms with E-state index in [4.69, 9.17) is 19.3 Å². The molecule has 2 amide bonds. The summed E-state index contributed by atoms with van der Waals surface area (Å²) in [4.78, 5) is 30.5. The van der Waals surface area contributed by atoms with Crippen LogP contribution in [0.2, 0.25) is 18.6 Å². The van der Waals surface area contributed by atoms with Gasteiger partial charge in [0, 0.05) is 37.1 Å². The van der Waals surface area contributed by atoms with Crippen molar-refractivity contribution in [1.82, 2.24) is 15.0 Å². The summed E-state index contributed by atoms with van der Waals surface area (Å²) in [5, 5.41) is 26.9. The average Bonchev–Trinajstić information content (AvgIpc) is 3.99. The summed E-state index contributed by atoms with van der Waals surface area (Å²) < 4.78 is 20.6. The molecule has 4 heterocycles. The molecule has 0 bridgehead atoms. The summed E-state index contributed by atoms with van der Waals surface area (Å²) in [6, 6.07) is 41.7. The van der Waals surface area contributed by atoms with E-state index < -0.39 is 13.7 Å². The first kappa shape index (κ1) is 42.9. The molecule has 1 unspecified atom stereocenters. The van der Waals surface area contributed by atoms with Crippen molar-refractivity contribution in [2.75, 3.05) is 30.7 Å². The van der Waals surface area contributed by atoms with Crippen molar-refractivity contribution < 1.29 is 28.9 Å². The molecule has 0 radical (unpaired) electrons. The Kier molecular flexibility index (Phi) is 11.8. The maximum absolute atomic E-state index is 15.5. The minimum absolute atomic E-state index is 0.00374. The topological polar surface area (TPSA) is 132 Å². The Bertz CT molecular complexity index is 2660. The van der Waals surface area contributed by atoms with Gasteiger partial charge in [0.05, 0.1) is 70.2 Å². The van der Waals surface area contributed by atoms with Gasteiger partial charge in [-0.25, -0.2) is 5.01 Å². The van der Waals surface area contributed by atoms with Crippen LogP contribution in [0, 0.1) is 5.92 Å². The minimum atomic E-state index is -2.43. The number of carbonyl (C=O) groups excluding carboxylic acids is 2. The Hall–Kier alpha value is -6.41. The van der Waals surface area contributed by atoms with Gasteiger partial charge in [-0.15, -0.1) is 5.10 Å². The van der Waals surface area contributed by atoms with Crippen LogP contribution in [0.1, 0.15) is 60.1 Å². The van der Waals surface area contributed by atoms with Crippen LogP contribution in [0.25, 0.3) is 0 Å². The molecule has 1 aromatic heterocycles. The maximum atomic E-state index is 15.5. The number of amides is 2. The van der Waals surface area contributed by atoms with Gasteiger partial charge in [0.1, 0.15) is 11.5 Å². The molecule has 0 aliphatic carbocycles. The van der Waals surface area contributed by atoms with E-state index in [1.807, 2.05) is 131 Å². The van der Waals surface area contributed by atoms with E-state index in [9.17, 15) is 9.90 Å². The second-order valence-corrected chi connectivity index (χ2v) is 22.2. The van der Waals surface area contributed by atoms with E-state index in [0.717, 1.165) is 39.4 Å². The fourth-order valence-corrected chi connectivity index (χ4v) is 14.3. The molecule has 328 valence electrons. The highest BCUT2D eigenvalue weighted by atomic mass is 28.3. The van der Waals surface area contributed by atoms with Crippen molar-refractivity contribution in [3.63, 3.8) is 0 Å². The maximum Gasteiger partial charge on any atom is 0.264 e. The molecule has 3 aliphatic heterocycles. The molecule has 13 heteroatoms. The number of aliphatic hydroxyl groups is 1. The summed E-state index contributed by atoms with van der Waals surface area (Å²) in [5.74, 6) is 0.742. The van der Waals surface area contributed by atoms with Crippen molar-refractivity contribution in [3.05, 3.63) is 162 Å². The molecule has 5 aromatic carbocycles. The predicted molar refractivity (Wildman–Crippen MR) is 250 cm³/mol. The number of benzene rings is 5. The van der Waals surface area contributed by atoms with Gasteiger partial charge in [-0.05, 0) is 71.1 Å². The number of carbonyl (C=O) groups is 2. The van der Waals surface area contributed by atoms with Crippen LogP contribution in [0.3, 0.4) is 0 Å². The van der Waals surface area contributed by atoms with E-state index in [2.05, 4.69) is 42.5 Å². The largest absolute Gasteiger partial charge is 0.497 e. The second kappa shape index (κ2) is 17.6. The number of aryl methyl sites for hydroxylation is 1. The molecule has 1 saturated heterocycles. The van der Waals surface area contributed by atoms with E-state index in [1.54, 1.807) is 14.2 Å². The first-order chi connectivity index (χ1) is 31.0. The molecule has 0 saturated carbocycles. The molecule has 3 aliphatic rings. The molecule has 5 atom stereocenters. The molecular weight excluding hydrogens is 821 g/mol. The number of fused-ring (bicyclic) bond motifs is 2. The van der Waals surface area contributed by atoms with Crippen molar-refractivity contribution >= 4 is 42.2 Å². The van der Waals surface area contributed by atoms with Crippen LogP contribution in [0.5, 0.6) is 11.5 Å². The Balaban J connectivity index is 1.04. The van der Waals surface area contributed by atoms with Gasteiger partial charge < -0.3 is 24.2 Å². The van der Waals surface area contributed by atoms with Crippen molar-refractivity contribution in [1.29, 1.82) is 0 Å². The number of ether oxygens (including phenoxy) is 3. The summed E-state index contributed by atoms with van der Waals surface area (Å²) in [6.07, 6.45) is 3.13. The van der Waals surface area contributed by atoms with Crippen molar-refractivity contribution in [2.45, 2.75) is 75.5 Å². The highest BCUT2D eigenvalue weighted by molar-refractivity contribution is 6.91. The quantitative estimate of drug-likeness (QED) is 0.110. The van der Waals surface area contributed by atoms with E-state index in [0.29, 0.717) is 49.5 Å². The number of nitrogens with zero attached hydrogens (tertiary/aromatic N) is 6. The summed E-state index contributed by atoms with van der Waals surface area (Å²) in [6.45, 7) is 7.63. The molecule has 1 N–H and O–H groups in total. The molecular formula is C51H54N6O6Si. The second-order valence-electron chi connectivity index (χ2n) is 17.6. The zero-order chi connectivity index (χ0) is 44.6. The Labute approximate surface area is 375 Å². The summed E-state index contributed by atoms with van der Waals surface area (Å²) in [7, 11) is 0.881. The molecule has 1 fully saturated rings. The van der Waals surface area contributed by atoms with E-state index >= 15 is 4.79 Å². The number of hydrazone groups is 1. The van der Waals surface area contributed by atoms with Gasteiger partial charge in [0.2, 0.25) is 5.91 Å². The number of aromatic nitrogens is 3. The van der Waals surface area contributed by atoms with Gasteiger partial charge in [-0.2, -0.15) is 5.10 Å². The smallest absolute Gasteiger partial charge is 0.264 e. The fourth-order valence-electron chi connectivity index (χ4n) is 10.3. The third-order valence-electron chi connectivity index (χ3n) is 13.6. The number of anilines is 2. The molecule has 1 spiro atoms. The first-order valence-corrected chi connectivity index (χ1v) is 25.1. The molecule has 6 aromatic rings. The molecule has 9 rings (SSSR count). The van der Waals surface area contributed by atoms with Gasteiger partial charge in [0.15, 0.2) is 5.60 Å². The number of aliphatic hydroxyl groups excluding tert-OH is 1. The standard InChI is InChI=1S/C51H54N6O6Si/c1-34-49(64(4,5)41-23-20-39(61-2)21-24-41)47(28-29-55-32-45(52-54-55)42(33-58)36-12-8-6-9-13-36)63-51(34)43-30-40(62-3)22-26-46(43)56(50(51)60)31-35-16-18-38(19-17-35)57-48(59)27-25-44(53-57)37-14-10-7-11-15-37/h6-24,26,30,32,34,42,47,49,58H,25,27-29,31,33H2,1-5H3/t34-,42?,47+,49-,51+/m0/s1. The lowest BCUT2D eigenvalue weighted by Crippen LogP contribution is -2.51. The normalized spacial score (nSPS) is 21.3. The van der Waals surface area contributed by atoms with Gasteiger partial charge in [-0.3, -0.25) is 14.3 Å². The third kappa shape index (κ3) is 7.71. The summed E-state index contributed by atoms with van der Waals surface area (Å²) in [5.41, 5.74) is 5.40. The Morgan fingerprint density at radius 2 is 1.55 bits per heavy atom.